The average molecular weight is 339 g/mol. The zero-order chi connectivity index (χ0) is 17.1. The number of aryl methyl sites for hydroxylation is 1. The number of nitrogens with zero attached hydrogens (tertiary/aromatic N) is 2. The van der Waals surface area contributed by atoms with Gasteiger partial charge >= 0.3 is 0 Å². The number of benzene rings is 2. The summed E-state index contributed by atoms with van der Waals surface area (Å²) < 4.78 is 1.59. The number of para-hydroxylation sites is 1. The van der Waals surface area contributed by atoms with Gasteiger partial charge in [0, 0.05) is 12.2 Å². The SMILES string of the molecule is Cc1ccc(-n2c(SCCC(N)=O)nc3ccccc3c2=O)cc1. The molecule has 0 aliphatic carbocycles. The summed E-state index contributed by atoms with van der Waals surface area (Å²) in [6, 6.07) is 15.0. The number of nitrogens with two attached hydrogens (primary N) is 1. The predicted molar refractivity (Wildman–Crippen MR) is 96.6 cm³/mol. The molecule has 0 fully saturated rings. The summed E-state index contributed by atoms with van der Waals surface area (Å²) in [6.07, 6.45) is 0.237. The topological polar surface area (TPSA) is 78.0 Å². The molecule has 1 aromatic heterocycles. The van der Waals surface area contributed by atoms with Gasteiger partial charge in [-0.3, -0.25) is 14.2 Å². The lowest BCUT2D eigenvalue weighted by atomic mass is 10.2. The fraction of sp³-hybridized carbons (Fsp3) is 0.167. The molecule has 3 aromatic rings. The molecule has 3 rings (SSSR count). The Kier molecular flexibility index (Phi) is 4.66. The number of primary amides is 1. The monoisotopic (exact) mass is 339 g/mol. The largest absolute Gasteiger partial charge is 0.370 e. The van der Waals surface area contributed by atoms with Crippen LogP contribution in [0.1, 0.15) is 12.0 Å². The summed E-state index contributed by atoms with van der Waals surface area (Å²) in [7, 11) is 0. The Morgan fingerprint density at radius 3 is 2.58 bits per heavy atom. The number of carbonyl (C=O) groups excluding carboxylic acids is 1. The molecule has 0 bridgehead atoms. The van der Waals surface area contributed by atoms with Crippen molar-refractivity contribution in [1.82, 2.24) is 9.55 Å². The zero-order valence-corrected chi connectivity index (χ0v) is 14.0. The number of aromatic nitrogens is 2. The maximum absolute atomic E-state index is 12.9. The van der Waals surface area contributed by atoms with Crippen LogP contribution in [0, 0.1) is 6.92 Å². The van der Waals surface area contributed by atoms with Crippen LogP contribution in [-0.4, -0.2) is 21.2 Å². The van der Waals surface area contributed by atoms with E-state index in [9.17, 15) is 9.59 Å². The molecule has 2 N–H and O–H groups in total. The van der Waals surface area contributed by atoms with E-state index in [1.54, 1.807) is 10.6 Å². The first-order chi connectivity index (χ1) is 11.6. The summed E-state index contributed by atoms with van der Waals surface area (Å²) >= 11 is 1.35. The van der Waals surface area contributed by atoms with E-state index in [2.05, 4.69) is 4.98 Å². The molecule has 0 aliphatic rings. The first-order valence-corrected chi connectivity index (χ1v) is 8.55. The molecule has 0 saturated carbocycles. The minimum atomic E-state index is -0.368. The van der Waals surface area contributed by atoms with Crippen LogP contribution in [0.25, 0.3) is 16.6 Å². The zero-order valence-electron chi connectivity index (χ0n) is 13.2. The highest BCUT2D eigenvalue weighted by molar-refractivity contribution is 7.99. The van der Waals surface area contributed by atoms with Crippen molar-refractivity contribution in [3.8, 4) is 5.69 Å². The van der Waals surface area contributed by atoms with E-state index >= 15 is 0 Å². The Morgan fingerprint density at radius 2 is 1.88 bits per heavy atom. The van der Waals surface area contributed by atoms with Crippen molar-refractivity contribution in [2.24, 2.45) is 5.73 Å². The van der Waals surface area contributed by atoms with Gasteiger partial charge in [-0.25, -0.2) is 4.98 Å². The molecule has 0 atom stereocenters. The van der Waals surface area contributed by atoms with Crippen molar-refractivity contribution in [1.29, 1.82) is 0 Å². The molecular formula is C18H17N3O2S. The van der Waals surface area contributed by atoms with Gasteiger partial charge < -0.3 is 5.73 Å². The molecule has 0 saturated heterocycles. The molecule has 0 spiro atoms. The molecule has 1 heterocycles. The van der Waals surface area contributed by atoms with E-state index < -0.39 is 0 Å². The molecule has 0 aliphatic heterocycles. The lowest BCUT2D eigenvalue weighted by Gasteiger charge is -2.13. The summed E-state index contributed by atoms with van der Waals surface area (Å²) in [5.74, 6) is 0.110. The normalized spacial score (nSPS) is 10.9. The lowest BCUT2D eigenvalue weighted by molar-refractivity contribution is -0.117. The van der Waals surface area contributed by atoms with Crippen LogP contribution in [0.15, 0.2) is 58.5 Å². The van der Waals surface area contributed by atoms with E-state index in [0.717, 1.165) is 11.3 Å². The maximum Gasteiger partial charge on any atom is 0.266 e. The number of carbonyl (C=O) groups is 1. The highest BCUT2D eigenvalue weighted by atomic mass is 32.2. The molecule has 122 valence electrons. The van der Waals surface area contributed by atoms with Crippen LogP contribution in [0.2, 0.25) is 0 Å². The van der Waals surface area contributed by atoms with Crippen LogP contribution in [0.4, 0.5) is 0 Å². The second-order valence-electron chi connectivity index (χ2n) is 5.45. The third-order valence-corrected chi connectivity index (χ3v) is 4.56. The van der Waals surface area contributed by atoms with Crippen LogP contribution in [0.3, 0.4) is 0 Å². The van der Waals surface area contributed by atoms with Gasteiger partial charge in [-0.1, -0.05) is 41.6 Å². The van der Waals surface area contributed by atoms with Crippen molar-refractivity contribution in [2.75, 3.05) is 5.75 Å². The smallest absolute Gasteiger partial charge is 0.266 e. The van der Waals surface area contributed by atoms with Crippen LogP contribution >= 0.6 is 11.8 Å². The summed E-state index contributed by atoms with van der Waals surface area (Å²) in [4.78, 5) is 28.5. The molecule has 0 radical (unpaired) electrons. The van der Waals surface area contributed by atoms with E-state index in [1.807, 2.05) is 49.4 Å². The minimum absolute atomic E-state index is 0.119. The molecule has 24 heavy (non-hydrogen) atoms. The first kappa shape index (κ1) is 16.3. The van der Waals surface area contributed by atoms with Gasteiger partial charge in [-0.2, -0.15) is 0 Å². The first-order valence-electron chi connectivity index (χ1n) is 7.56. The number of thioether (sulfide) groups is 1. The van der Waals surface area contributed by atoms with Gasteiger partial charge in [0.05, 0.1) is 16.6 Å². The van der Waals surface area contributed by atoms with E-state index in [0.29, 0.717) is 21.8 Å². The van der Waals surface area contributed by atoms with Gasteiger partial charge in [0.15, 0.2) is 5.16 Å². The van der Waals surface area contributed by atoms with Gasteiger partial charge in [0.2, 0.25) is 5.91 Å². The third kappa shape index (κ3) is 3.33. The number of amides is 1. The number of hydrogen-bond donors (Lipinski definition) is 1. The van der Waals surface area contributed by atoms with Gasteiger partial charge in [0.25, 0.3) is 5.56 Å². The molecule has 2 aromatic carbocycles. The molecular weight excluding hydrogens is 322 g/mol. The summed E-state index contributed by atoms with van der Waals surface area (Å²) in [6.45, 7) is 1.99. The number of hydrogen-bond acceptors (Lipinski definition) is 4. The predicted octanol–water partition coefficient (Wildman–Crippen LogP) is 2.66. The Hall–Kier alpha value is -2.60. The Balaban J connectivity index is 2.15. The number of fused-ring (bicyclic) bond motifs is 1. The van der Waals surface area contributed by atoms with Crippen molar-refractivity contribution in [3.05, 3.63) is 64.4 Å². The van der Waals surface area contributed by atoms with E-state index in [-0.39, 0.29) is 17.9 Å². The molecule has 6 heteroatoms. The average Bonchev–Trinajstić information content (AvgIpc) is 2.56. The summed E-state index contributed by atoms with van der Waals surface area (Å²) in [5, 5.41) is 1.13. The third-order valence-electron chi connectivity index (χ3n) is 3.62. The highest BCUT2D eigenvalue weighted by Gasteiger charge is 2.13. The maximum atomic E-state index is 12.9. The van der Waals surface area contributed by atoms with Gasteiger partial charge in [-0.15, -0.1) is 0 Å². The van der Waals surface area contributed by atoms with Crippen molar-refractivity contribution in [3.63, 3.8) is 0 Å². The second kappa shape index (κ2) is 6.88. The van der Waals surface area contributed by atoms with E-state index in [1.165, 1.54) is 11.8 Å². The highest BCUT2D eigenvalue weighted by Crippen LogP contribution is 2.22. The molecule has 0 unspecified atom stereocenters. The molecule has 1 amide bonds. The fourth-order valence-corrected chi connectivity index (χ4v) is 3.34. The van der Waals surface area contributed by atoms with Crippen LogP contribution < -0.4 is 11.3 Å². The van der Waals surface area contributed by atoms with Crippen molar-refractivity contribution in [2.45, 2.75) is 18.5 Å². The van der Waals surface area contributed by atoms with Gasteiger partial charge in [-0.05, 0) is 31.2 Å². The minimum Gasteiger partial charge on any atom is -0.370 e. The van der Waals surface area contributed by atoms with Crippen LogP contribution in [-0.2, 0) is 4.79 Å². The Bertz CT molecular complexity index is 949. The fourth-order valence-electron chi connectivity index (χ4n) is 2.37. The molecule has 5 nitrogen and oxygen atoms in total. The van der Waals surface area contributed by atoms with E-state index in [4.69, 9.17) is 5.73 Å². The van der Waals surface area contributed by atoms with Gasteiger partial charge in [0.1, 0.15) is 0 Å². The second-order valence-corrected chi connectivity index (χ2v) is 6.51. The quantitative estimate of drug-likeness (QED) is 0.572. The Morgan fingerprint density at radius 1 is 1.17 bits per heavy atom. The van der Waals surface area contributed by atoms with Crippen molar-refractivity contribution >= 4 is 28.6 Å². The number of rotatable bonds is 5. The lowest BCUT2D eigenvalue weighted by Crippen LogP contribution is -2.22. The van der Waals surface area contributed by atoms with Crippen molar-refractivity contribution < 1.29 is 4.79 Å². The summed E-state index contributed by atoms with van der Waals surface area (Å²) in [5.41, 5.74) is 7.60. The van der Waals surface area contributed by atoms with Crippen LogP contribution in [0.5, 0.6) is 0 Å². The Labute approximate surface area is 143 Å². The standard InChI is InChI=1S/C18H17N3O2S/c1-12-6-8-13(9-7-12)21-17(23)14-4-2-3-5-15(14)20-18(21)24-11-10-16(19)22/h2-9H,10-11H2,1H3,(H2,19,22).